The van der Waals surface area contributed by atoms with E-state index in [0.717, 1.165) is 6.42 Å². The maximum atomic E-state index is 11.1. The number of aromatic nitrogens is 1. The molecule has 0 radical (unpaired) electrons. The van der Waals surface area contributed by atoms with Crippen molar-refractivity contribution in [2.75, 3.05) is 17.2 Å². The highest BCUT2D eigenvalue weighted by atomic mass is 16.6. The zero-order valence-electron chi connectivity index (χ0n) is 13.0. The van der Waals surface area contributed by atoms with Gasteiger partial charge in [-0.3, -0.25) is 10.1 Å². The molecule has 1 heterocycles. The first-order chi connectivity index (χ1) is 9.92. The molecule has 2 rings (SSSR count). The van der Waals surface area contributed by atoms with E-state index in [0.29, 0.717) is 24.2 Å². The van der Waals surface area contributed by atoms with E-state index in [1.807, 2.05) is 6.92 Å². The molecular formula is C15H24N4O2. The molecule has 1 aliphatic rings. The number of hydrogen-bond donors (Lipinski definition) is 2. The molecule has 1 aromatic heterocycles. The second-order valence-corrected chi connectivity index (χ2v) is 6.31. The number of nitrogens with one attached hydrogen (secondary N) is 2. The highest BCUT2D eigenvalue weighted by Gasteiger charge is 2.32. The molecule has 0 aliphatic heterocycles. The van der Waals surface area contributed by atoms with Gasteiger partial charge in [-0.15, -0.1) is 0 Å². The summed E-state index contributed by atoms with van der Waals surface area (Å²) in [4.78, 5) is 15.1. The number of rotatable bonds is 5. The van der Waals surface area contributed by atoms with Crippen LogP contribution in [0.4, 0.5) is 17.3 Å². The molecule has 1 fully saturated rings. The quantitative estimate of drug-likeness (QED) is 0.637. The number of hydrogen-bond acceptors (Lipinski definition) is 5. The first-order valence-corrected chi connectivity index (χ1v) is 7.59. The molecule has 0 saturated heterocycles. The first kappa shape index (κ1) is 15.5. The number of nitrogens with zero attached hydrogens (tertiary/aromatic N) is 2. The summed E-state index contributed by atoms with van der Waals surface area (Å²) in [6.07, 6.45) is 4.68. The largest absolute Gasteiger partial charge is 0.370 e. The molecule has 0 amide bonds. The molecule has 1 unspecified atom stereocenters. The van der Waals surface area contributed by atoms with Crippen LogP contribution >= 0.6 is 0 Å². The molecule has 0 aromatic carbocycles. The fourth-order valence-electron chi connectivity index (χ4n) is 2.91. The number of nitro groups is 1. The Morgan fingerprint density at radius 1 is 1.38 bits per heavy atom. The van der Waals surface area contributed by atoms with Crippen LogP contribution in [0.1, 0.15) is 46.5 Å². The summed E-state index contributed by atoms with van der Waals surface area (Å²) in [5.41, 5.74) is 0.250. The lowest BCUT2D eigenvalue weighted by Crippen LogP contribution is -2.39. The van der Waals surface area contributed by atoms with Gasteiger partial charge in [-0.2, -0.15) is 0 Å². The summed E-state index contributed by atoms with van der Waals surface area (Å²) in [7, 11) is 0. The van der Waals surface area contributed by atoms with Crippen LogP contribution < -0.4 is 10.6 Å². The third-order valence-corrected chi connectivity index (χ3v) is 4.21. The molecule has 0 spiro atoms. The Hall–Kier alpha value is -1.85. The summed E-state index contributed by atoms with van der Waals surface area (Å²) in [5.74, 6) is 1.13. The molecule has 6 nitrogen and oxygen atoms in total. The van der Waals surface area contributed by atoms with Gasteiger partial charge in [0.05, 0.1) is 17.1 Å². The summed E-state index contributed by atoms with van der Waals surface area (Å²) in [5, 5.41) is 17.5. The van der Waals surface area contributed by atoms with Gasteiger partial charge in [-0.05, 0) is 25.2 Å². The molecule has 1 aromatic rings. The fraction of sp³-hybridized carbons (Fsp3) is 0.667. The van der Waals surface area contributed by atoms with Crippen molar-refractivity contribution >= 4 is 17.3 Å². The Bertz CT molecular complexity index is 516. The zero-order chi connectivity index (χ0) is 15.5. The number of pyridine rings is 1. The Balaban J connectivity index is 2.23. The van der Waals surface area contributed by atoms with Crippen LogP contribution in [0.2, 0.25) is 0 Å². The Morgan fingerprint density at radius 3 is 2.71 bits per heavy atom. The van der Waals surface area contributed by atoms with Gasteiger partial charge in [0.25, 0.3) is 5.69 Å². The smallest absolute Gasteiger partial charge is 0.276 e. The van der Waals surface area contributed by atoms with E-state index in [4.69, 9.17) is 0 Å². The fourth-order valence-corrected chi connectivity index (χ4v) is 2.91. The second kappa shape index (κ2) is 6.28. The lowest BCUT2D eigenvalue weighted by Gasteiger charge is -2.39. The van der Waals surface area contributed by atoms with Gasteiger partial charge < -0.3 is 10.6 Å². The highest BCUT2D eigenvalue weighted by molar-refractivity contribution is 5.55. The van der Waals surface area contributed by atoms with E-state index < -0.39 is 0 Å². The van der Waals surface area contributed by atoms with Crippen molar-refractivity contribution in [3.05, 3.63) is 22.2 Å². The monoisotopic (exact) mass is 292 g/mol. The predicted octanol–water partition coefficient (Wildman–Crippen LogP) is 3.80. The van der Waals surface area contributed by atoms with E-state index in [9.17, 15) is 10.1 Å². The van der Waals surface area contributed by atoms with Crippen molar-refractivity contribution in [3.8, 4) is 0 Å². The van der Waals surface area contributed by atoms with Gasteiger partial charge in [0.15, 0.2) is 0 Å². The molecule has 116 valence electrons. The summed E-state index contributed by atoms with van der Waals surface area (Å²) in [6.45, 7) is 7.11. The van der Waals surface area contributed by atoms with Gasteiger partial charge >= 0.3 is 0 Å². The third-order valence-electron chi connectivity index (χ3n) is 4.21. The van der Waals surface area contributed by atoms with E-state index in [2.05, 4.69) is 29.5 Å². The van der Waals surface area contributed by atoms with Gasteiger partial charge in [0, 0.05) is 12.6 Å². The van der Waals surface area contributed by atoms with Crippen LogP contribution in [0.25, 0.3) is 0 Å². The van der Waals surface area contributed by atoms with Gasteiger partial charge in [-0.1, -0.05) is 26.7 Å². The Morgan fingerprint density at radius 2 is 2.10 bits per heavy atom. The predicted molar refractivity (Wildman–Crippen MR) is 84.7 cm³/mol. The van der Waals surface area contributed by atoms with Gasteiger partial charge in [0.1, 0.15) is 11.6 Å². The lowest BCUT2D eigenvalue weighted by molar-refractivity contribution is -0.384. The van der Waals surface area contributed by atoms with Crippen molar-refractivity contribution in [2.45, 2.75) is 52.5 Å². The average molecular weight is 292 g/mol. The SMILES string of the molecule is CCNc1cc([N+](=O)[O-])cc(NC2CCCCC2(C)C)n1. The first-order valence-electron chi connectivity index (χ1n) is 7.59. The van der Waals surface area contributed by atoms with Crippen molar-refractivity contribution < 1.29 is 4.92 Å². The van der Waals surface area contributed by atoms with Crippen LogP contribution in [0.3, 0.4) is 0 Å². The third kappa shape index (κ3) is 3.83. The van der Waals surface area contributed by atoms with Crippen molar-refractivity contribution in [2.24, 2.45) is 5.41 Å². The van der Waals surface area contributed by atoms with E-state index in [-0.39, 0.29) is 16.0 Å². The molecule has 21 heavy (non-hydrogen) atoms. The molecule has 1 saturated carbocycles. The summed E-state index contributed by atoms with van der Waals surface area (Å²) in [6, 6.07) is 3.29. The Labute approximate surface area is 125 Å². The molecule has 1 atom stereocenters. The van der Waals surface area contributed by atoms with Crippen LogP contribution in [-0.4, -0.2) is 22.5 Å². The van der Waals surface area contributed by atoms with Crippen LogP contribution in [0, 0.1) is 15.5 Å². The van der Waals surface area contributed by atoms with Gasteiger partial charge in [0.2, 0.25) is 0 Å². The molecule has 1 aliphatic carbocycles. The minimum absolute atomic E-state index is 0.0667. The highest BCUT2D eigenvalue weighted by Crippen LogP contribution is 2.37. The van der Waals surface area contributed by atoms with Crippen LogP contribution in [0.5, 0.6) is 0 Å². The van der Waals surface area contributed by atoms with Crippen molar-refractivity contribution in [1.82, 2.24) is 4.98 Å². The van der Waals surface area contributed by atoms with E-state index >= 15 is 0 Å². The topological polar surface area (TPSA) is 80.1 Å². The lowest BCUT2D eigenvalue weighted by atomic mass is 9.73. The average Bonchev–Trinajstić information content (AvgIpc) is 2.41. The normalized spacial score (nSPS) is 20.8. The molecule has 6 heteroatoms. The number of anilines is 2. The Kier molecular flexibility index (Phi) is 4.65. The summed E-state index contributed by atoms with van der Waals surface area (Å²) < 4.78 is 0. The second-order valence-electron chi connectivity index (χ2n) is 6.31. The summed E-state index contributed by atoms with van der Waals surface area (Å²) >= 11 is 0. The van der Waals surface area contributed by atoms with E-state index in [1.54, 1.807) is 0 Å². The van der Waals surface area contributed by atoms with Gasteiger partial charge in [-0.25, -0.2) is 4.98 Å². The van der Waals surface area contributed by atoms with Crippen LogP contribution in [0.15, 0.2) is 12.1 Å². The maximum Gasteiger partial charge on any atom is 0.276 e. The maximum absolute atomic E-state index is 11.1. The molecular weight excluding hydrogens is 268 g/mol. The van der Waals surface area contributed by atoms with Crippen LogP contribution in [-0.2, 0) is 0 Å². The molecule has 0 bridgehead atoms. The zero-order valence-corrected chi connectivity index (χ0v) is 13.0. The van der Waals surface area contributed by atoms with E-state index in [1.165, 1.54) is 31.4 Å². The van der Waals surface area contributed by atoms with Crippen molar-refractivity contribution in [1.29, 1.82) is 0 Å². The van der Waals surface area contributed by atoms with Crippen molar-refractivity contribution in [3.63, 3.8) is 0 Å². The molecule has 2 N–H and O–H groups in total. The minimum Gasteiger partial charge on any atom is -0.370 e. The standard InChI is InChI=1S/C15H24N4O2/c1-4-16-13-9-11(19(20)21)10-14(18-13)17-12-7-5-6-8-15(12,2)3/h9-10,12H,4-8H2,1-3H3,(H2,16,17,18). The minimum atomic E-state index is -0.375.